The van der Waals surface area contributed by atoms with Crippen LogP contribution >= 0.6 is 0 Å². The Morgan fingerprint density at radius 2 is 2.00 bits per heavy atom. The van der Waals surface area contributed by atoms with E-state index < -0.39 is 4.92 Å². The van der Waals surface area contributed by atoms with Gasteiger partial charge in [0.1, 0.15) is 18.2 Å². The average Bonchev–Trinajstić information content (AvgIpc) is 2.36. The third kappa shape index (κ3) is 3.38. The number of non-ortho nitro benzene ring substituents is 1. The Morgan fingerprint density at radius 3 is 2.58 bits per heavy atom. The van der Waals surface area contributed by atoms with Gasteiger partial charge in [0, 0.05) is 23.9 Å². The molecule has 2 rings (SSSR count). The van der Waals surface area contributed by atoms with Gasteiger partial charge >= 0.3 is 0 Å². The van der Waals surface area contributed by atoms with Gasteiger partial charge in [0.05, 0.1) is 4.92 Å². The Kier molecular flexibility index (Phi) is 3.56. The topological polar surface area (TPSA) is 104 Å². The van der Waals surface area contributed by atoms with Crippen molar-refractivity contribution in [3.05, 3.63) is 52.0 Å². The van der Waals surface area contributed by atoms with E-state index in [9.17, 15) is 10.1 Å². The van der Waals surface area contributed by atoms with Gasteiger partial charge in [-0.2, -0.15) is 0 Å². The van der Waals surface area contributed by atoms with Crippen molar-refractivity contribution < 1.29 is 9.66 Å². The molecule has 0 spiro atoms. The highest BCUT2D eigenvalue weighted by atomic mass is 16.6. The lowest BCUT2D eigenvalue weighted by molar-refractivity contribution is -0.384. The number of nitrogen functional groups attached to an aromatic ring is 1. The summed E-state index contributed by atoms with van der Waals surface area (Å²) in [6.45, 7) is 1.97. The summed E-state index contributed by atoms with van der Waals surface area (Å²) in [6.07, 6.45) is 0. The molecule has 0 fully saturated rings. The maximum atomic E-state index is 10.5. The lowest BCUT2D eigenvalue weighted by Gasteiger charge is -2.06. The predicted octanol–water partition coefficient (Wildman–Crippen LogP) is 1.85. The van der Waals surface area contributed by atoms with Crippen LogP contribution in [0.15, 0.2) is 30.3 Å². The molecule has 0 unspecified atom stereocenters. The molecule has 0 bridgehead atoms. The second kappa shape index (κ2) is 5.30. The number of nitrogens with two attached hydrogens (primary N) is 1. The van der Waals surface area contributed by atoms with Crippen molar-refractivity contribution in [2.24, 2.45) is 0 Å². The molecular weight excluding hydrogens is 248 g/mol. The van der Waals surface area contributed by atoms with E-state index in [2.05, 4.69) is 9.97 Å². The van der Waals surface area contributed by atoms with E-state index in [1.807, 2.05) is 6.92 Å². The summed E-state index contributed by atoms with van der Waals surface area (Å²) in [7, 11) is 0. The number of rotatable bonds is 4. The van der Waals surface area contributed by atoms with E-state index in [1.165, 1.54) is 24.3 Å². The Labute approximate surface area is 109 Å². The molecule has 0 amide bonds. The van der Waals surface area contributed by atoms with Crippen molar-refractivity contribution in [3.63, 3.8) is 0 Å². The molecule has 0 saturated heterocycles. The summed E-state index contributed by atoms with van der Waals surface area (Å²) in [6, 6.07) is 7.46. The molecule has 0 aliphatic rings. The molecule has 1 heterocycles. The van der Waals surface area contributed by atoms with Gasteiger partial charge < -0.3 is 10.5 Å². The molecule has 0 aliphatic carbocycles. The minimum Gasteiger partial charge on any atom is -0.486 e. The van der Waals surface area contributed by atoms with Gasteiger partial charge in [-0.25, -0.2) is 9.97 Å². The minimum absolute atomic E-state index is 0.0170. The molecule has 7 nitrogen and oxygen atoms in total. The van der Waals surface area contributed by atoms with Crippen molar-refractivity contribution in [3.8, 4) is 5.75 Å². The highest BCUT2D eigenvalue weighted by Crippen LogP contribution is 2.18. The number of aromatic nitrogens is 2. The van der Waals surface area contributed by atoms with Crippen LogP contribution in [0.1, 0.15) is 11.5 Å². The number of anilines is 1. The maximum absolute atomic E-state index is 10.5. The van der Waals surface area contributed by atoms with Crippen LogP contribution in [0.2, 0.25) is 0 Å². The van der Waals surface area contributed by atoms with Crippen LogP contribution in [-0.2, 0) is 6.61 Å². The number of nitrogens with zero attached hydrogens (tertiary/aromatic N) is 3. The minimum atomic E-state index is -0.464. The SMILES string of the molecule is Cc1cc(N)nc(COc2ccc([N+](=O)[O-])cc2)n1. The Bertz CT molecular complexity index is 578. The number of nitro groups is 1. The summed E-state index contributed by atoms with van der Waals surface area (Å²) in [5.41, 5.74) is 6.38. The largest absolute Gasteiger partial charge is 0.486 e. The first-order valence-corrected chi connectivity index (χ1v) is 5.52. The van der Waals surface area contributed by atoms with Crippen LogP contribution in [0.25, 0.3) is 0 Å². The van der Waals surface area contributed by atoms with Gasteiger partial charge in [-0.15, -0.1) is 0 Å². The van der Waals surface area contributed by atoms with Gasteiger partial charge in [0.25, 0.3) is 5.69 Å². The highest BCUT2D eigenvalue weighted by molar-refractivity contribution is 5.36. The lowest BCUT2D eigenvalue weighted by atomic mass is 10.3. The molecule has 1 aromatic carbocycles. The third-order valence-corrected chi connectivity index (χ3v) is 2.34. The Morgan fingerprint density at radius 1 is 1.32 bits per heavy atom. The molecule has 0 atom stereocenters. The van der Waals surface area contributed by atoms with Crippen LogP contribution in [0.5, 0.6) is 5.75 Å². The molecule has 0 radical (unpaired) electrons. The van der Waals surface area contributed by atoms with E-state index >= 15 is 0 Å². The van der Waals surface area contributed by atoms with Gasteiger partial charge in [0.15, 0.2) is 5.82 Å². The van der Waals surface area contributed by atoms with Crippen molar-refractivity contribution >= 4 is 11.5 Å². The van der Waals surface area contributed by atoms with Crippen LogP contribution in [0.3, 0.4) is 0 Å². The zero-order valence-electron chi connectivity index (χ0n) is 10.2. The first-order chi connectivity index (χ1) is 9.04. The summed E-state index contributed by atoms with van der Waals surface area (Å²) in [5.74, 6) is 1.36. The number of aryl methyl sites for hydroxylation is 1. The van der Waals surface area contributed by atoms with Crippen molar-refractivity contribution in [1.82, 2.24) is 9.97 Å². The molecule has 0 aliphatic heterocycles. The van der Waals surface area contributed by atoms with E-state index in [0.717, 1.165) is 5.69 Å². The van der Waals surface area contributed by atoms with Gasteiger partial charge in [-0.3, -0.25) is 10.1 Å². The second-order valence-electron chi connectivity index (χ2n) is 3.89. The van der Waals surface area contributed by atoms with E-state index in [1.54, 1.807) is 6.07 Å². The zero-order valence-corrected chi connectivity index (χ0v) is 10.2. The van der Waals surface area contributed by atoms with Crippen molar-refractivity contribution in [2.45, 2.75) is 13.5 Å². The van der Waals surface area contributed by atoms with Crippen molar-refractivity contribution in [1.29, 1.82) is 0 Å². The number of nitro benzene ring substituents is 1. The summed E-state index contributed by atoms with van der Waals surface area (Å²) in [5, 5.41) is 10.5. The maximum Gasteiger partial charge on any atom is 0.269 e. The lowest BCUT2D eigenvalue weighted by Crippen LogP contribution is -2.05. The molecule has 7 heteroatoms. The van der Waals surface area contributed by atoms with Gasteiger partial charge in [-0.1, -0.05) is 0 Å². The van der Waals surface area contributed by atoms with Crippen molar-refractivity contribution in [2.75, 3.05) is 5.73 Å². The second-order valence-corrected chi connectivity index (χ2v) is 3.89. The van der Waals surface area contributed by atoms with Crippen LogP contribution in [0, 0.1) is 17.0 Å². The third-order valence-electron chi connectivity index (χ3n) is 2.34. The van der Waals surface area contributed by atoms with Gasteiger partial charge in [0.2, 0.25) is 0 Å². The number of benzene rings is 1. The Hall–Kier alpha value is -2.70. The average molecular weight is 260 g/mol. The summed E-state index contributed by atoms with van der Waals surface area (Å²) >= 11 is 0. The molecular formula is C12H12N4O3. The number of hydrogen-bond donors (Lipinski definition) is 1. The monoisotopic (exact) mass is 260 g/mol. The summed E-state index contributed by atoms with van der Waals surface area (Å²) in [4.78, 5) is 18.2. The smallest absolute Gasteiger partial charge is 0.269 e. The predicted molar refractivity (Wildman–Crippen MR) is 68.6 cm³/mol. The van der Waals surface area contributed by atoms with E-state index in [-0.39, 0.29) is 12.3 Å². The fraction of sp³-hybridized carbons (Fsp3) is 0.167. The zero-order chi connectivity index (χ0) is 13.8. The van der Waals surface area contributed by atoms with Crippen LogP contribution in [-0.4, -0.2) is 14.9 Å². The molecule has 2 N–H and O–H groups in total. The first-order valence-electron chi connectivity index (χ1n) is 5.52. The normalized spacial score (nSPS) is 10.2. The summed E-state index contributed by atoms with van der Waals surface area (Å²) < 4.78 is 5.43. The number of ether oxygens (including phenoxy) is 1. The molecule has 2 aromatic rings. The number of hydrogen-bond acceptors (Lipinski definition) is 6. The standard InChI is InChI=1S/C12H12N4O3/c1-8-6-11(13)15-12(14-8)7-19-10-4-2-9(3-5-10)16(17)18/h2-6H,7H2,1H3,(H2,13,14,15). The van der Waals surface area contributed by atoms with Crippen LogP contribution < -0.4 is 10.5 Å². The molecule has 19 heavy (non-hydrogen) atoms. The molecule has 98 valence electrons. The van der Waals surface area contributed by atoms with E-state index in [0.29, 0.717) is 17.4 Å². The Balaban J connectivity index is 2.03. The molecule has 0 saturated carbocycles. The quantitative estimate of drug-likeness (QED) is 0.664. The fourth-order valence-electron chi connectivity index (χ4n) is 1.53. The fourth-order valence-corrected chi connectivity index (χ4v) is 1.53. The first kappa shape index (κ1) is 12.7. The molecule has 1 aromatic heterocycles. The van der Waals surface area contributed by atoms with Crippen LogP contribution in [0.4, 0.5) is 11.5 Å². The van der Waals surface area contributed by atoms with E-state index in [4.69, 9.17) is 10.5 Å². The van der Waals surface area contributed by atoms with Gasteiger partial charge in [-0.05, 0) is 19.1 Å². The highest BCUT2D eigenvalue weighted by Gasteiger charge is 2.05.